The van der Waals surface area contributed by atoms with Crippen molar-refractivity contribution in [2.75, 3.05) is 0 Å². The zero-order valence-electron chi connectivity index (χ0n) is 5.49. The lowest BCUT2D eigenvalue weighted by atomic mass is 10.4. The molecule has 0 heterocycles. The average Bonchev–Trinajstić information content (AvgIpc) is 1.86. The van der Waals surface area contributed by atoms with Crippen LogP contribution >= 0.6 is 22.6 Å². The Bertz CT molecular complexity index is 361. The summed E-state index contributed by atoms with van der Waals surface area (Å²) >= 11 is 2.03. The lowest BCUT2D eigenvalue weighted by Crippen LogP contribution is -2.11. The second kappa shape index (κ2) is 3.08. The fourth-order valence-corrected chi connectivity index (χ4v) is 1.96. The van der Waals surface area contributed by atoms with E-state index in [1.54, 1.807) is 12.1 Å². The molecular weight excluding hydrogens is 277 g/mol. The van der Waals surface area contributed by atoms with Gasteiger partial charge < -0.3 is 0 Å². The molecule has 0 atom stereocenters. The summed E-state index contributed by atoms with van der Waals surface area (Å²) < 4.78 is 22.4. The first-order chi connectivity index (χ1) is 5.00. The van der Waals surface area contributed by atoms with Gasteiger partial charge in [-0.15, -0.1) is 0 Å². The van der Waals surface area contributed by atoms with Gasteiger partial charge in [0, 0.05) is 3.57 Å². The molecule has 5 heteroatoms. The zero-order valence-corrected chi connectivity index (χ0v) is 8.46. The number of nitrogens with two attached hydrogens (primary N) is 1. The molecule has 0 aliphatic carbocycles. The Kier molecular flexibility index (Phi) is 2.50. The Labute approximate surface area is 78.8 Å². The fourth-order valence-electron chi connectivity index (χ4n) is 0.644. The molecular formula is C6H6INO2S. The summed E-state index contributed by atoms with van der Waals surface area (Å²) in [5.74, 6) is 0. The summed E-state index contributed by atoms with van der Waals surface area (Å²) in [6.07, 6.45) is 0. The van der Waals surface area contributed by atoms with Gasteiger partial charge in [-0.1, -0.05) is 6.07 Å². The normalized spacial score (nSPS) is 11.5. The molecule has 1 aromatic carbocycles. The molecule has 2 N–H and O–H groups in total. The van der Waals surface area contributed by atoms with E-state index in [9.17, 15) is 8.42 Å². The Morgan fingerprint density at radius 1 is 1.36 bits per heavy atom. The Morgan fingerprint density at radius 2 is 2.00 bits per heavy atom. The van der Waals surface area contributed by atoms with Gasteiger partial charge in [-0.25, -0.2) is 13.6 Å². The highest BCUT2D eigenvalue weighted by Gasteiger charge is 2.05. The third-order valence-corrected chi connectivity index (χ3v) is 2.71. The maximum atomic E-state index is 10.8. The number of hydrogen-bond donors (Lipinski definition) is 1. The van der Waals surface area contributed by atoms with Gasteiger partial charge in [0.15, 0.2) is 0 Å². The van der Waals surface area contributed by atoms with E-state index >= 15 is 0 Å². The van der Waals surface area contributed by atoms with Crippen LogP contribution in [0.25, 0.3) is 0 Å². The molecule has 0 saturated heterocycles. The van der Waals surface area contributed by atoms with Gasteiger partial charge in [0.1, 0.15) is 0 Å². The molecule has 0 aliphatic rings. The van der Waals surface area contributed by atoms with Crippen LogP contribution in [-0.4, -0.2) is 8.42 Å². The molecule has 0 fully saturated rings. The van der Waals surface area contributed by atoms with Gasteiger partial charge in [-0.2, -0.15) is 0 Å². The second-order valence-corrected chi connectivity index (χ2v) is 4.81. The molecule has 1 aromatic rings. The summed E-state index contributed by atoms with van der Waals surface area (Å²) in [6, 6.07) is 6.45. The molecule has 0 amide bonds. The van der Waals surface area contributed by atoms with Crippen LogP contribution in [-0.2, 0) is 10.0 Å². The lowest BCUT2D eigenvalue weighted by molar-refractivity contribution is 0.597. The first kappa shape index (κ1) is 8.95. The Balaban J connectivity index is 3.28. The first-order valence-corrected chi connectivity index (χ1v) is 5.41. The van der Waals surface area contributed by atoms with E-state index in [2.05, 4.69) is 0 Å². The van der Waals surface area contributed by atoms with Gasteiger partial charge in [0.2, 0.25) is 10.0 Å². The number of rotatable bonds is 1. The molecule has 11 heavy (non-hydrogen) atoms. The minimum Gasteiger partial charge on any atom is -0.225 e. The molecule has 60 valence electrons. The van der Waals surface area contributed by atoms with Crippen molar-refractivity contribution in [1.82, 2.24) is 0 Å². The molecule has 0 radical (unpaired) electrons. The molecule has 3 nitrogen and oxygen atoms in total. The van der Waals surface area contributed by atoms with E-state index in [-0.39, 0.29) is 4.90 Å². The summed E-state index contributed by atoms with van der Waals surface area (Å²) in [4.78, 5) is 0.157. The highest BCUT2D eigenvalue weighted by molar-refractivity contribution is 14.1. The van der Waals surface area contributed by atoms with E-state index in [4.69, 9.17) is 5.14 Å². The predicted octanol–water partition coefficient (Wildman–Crippen LogP) is 0.939. The SMILES string of the molecule is NS(=O)(=O)c1cccc(I)c1. The Morgan fingerprint density at radius 3 is 2.36 bits per heavy atom. The van der Waals surface area contributed by atoms with E-state index in [1.165, 1.54) is 12.1 Å². The number of hydrogen-bond acceptors (Lipinski definition) is 2. The smallest absolute Gasteiger partial charge is 0.225 e. The van der Waals surface area contributed by atoms with Crippen molar-refractivity contribution >= 4 is 32.6 Å². The largest absolute Gasteiger partial charge is 0.238 e. The molecule has 0 spiro atoms. The van der Waals surface area contributed by atoms with Gasteiger partial charge >= 0.3 is 0 Å². The maximum Gasteiger partial charge on any atom is 0.238 e. The molecule has 1 rings (SSSR count). The highest BCUT2D eigenvalue weighted by Crippen LogP contribution is 2.10. The van der Waals surface area contributed by atoms with Gasteiger partial charge in [0.25, 0.3) is 0 Å². The van der Waals surface area contributed by atoms with Crippen LogP contribution in [0.4, 0.5) is 0 Å². The van der Waals surface area contributed by atoms with Crippen LogP contribution in [0.1, 0.15) is 0 Å². The van der Waals surface area contributed by atoms with Crippen molar-refractivity contribution in [2.24, 2.45) is 5.14 Å². The van der Waals surface area contributed by atoms with Crippen molar-refractivity contribution in [3.05, 3.63) is 27.8 Å². The average molecular weight is 283 g/mol. The lowest BCUT2D eigenvalue weighted by Gasteiger charge is -1.96. The van der Waals surface area contributed by atoms with E-state index in [1.807, 2.05) is 22.6 Å². The fraction of sp³-hybridized carbons (Fsp3) is 0. The van der Waals surface area contributed by atoms with Crippen molar-refractivity contribution in [3.8, 4) is 0 Å². The molecule has 0 unspecified atom stereocenters. The van der Waals surface area contributed by atoms with E-state index in [0.29, 0.717) is 0 Å². The van der Waals surface area contributed by atoms with Gasteiger partial charge in [0.05, 0.1) is 4.90 Å². The van der Waals surface area contributed by atoms with Gasteiger partial charge in [-0.3, -0.25) is 0 Å². The quantitative estimate of drug-likeness (QED) is 0.780. The summed E-state index contributed by atoms with van der Waals surface area (Å²) in [5, 5.41) is 4.89. The monoisotopic (exact) mass is 283 g/mol. The highest BCUT2D eigenvalue weighted by atomic mass is 127. The van der Waals surface area contributed by atoms with Crippen LogP contribution in [0.3, 0.4) is 0 Å². The minimum atomic E-state index is -3.53. The van der Waals surface area contributed by atoms with Crippen LogP contribution in [0.15, 0.2) is 29.2 Å². The van der Waals surface area contributed by atoms with Crippen molar-refractivity contribution in [1.29, 1.82) is 0 Å². The molecule has 0 saturated carbocycles. The van der Waals surface area contributed by atoms with Crippen LogP contribution in [0.2, 0.25) is 0 Å². The third-order valence-electron chi connectivity index (χ3n) is 1.12. The first-order valence-electron chi connectivity index (χ1n) is 2.78. The second-order valence-electron chi connectivity index (χ2n) is 2.00. The van der Waals surface area contributed by atoms with Crippen LogP contribution in [0, 0.1) is 3.57 Å². The third kappa shape index (κ3) is 2.42. The summed E-state index contributed by atoms with van der Waals surface area (Å²) in [5.41, 5.74) is 0. The molecule has 0 aliphatic heterocycles. The molecule has 0 aromatic heterocycles. The van der Waals surface area contributed by atoms with E-state index < -0.39 is 10.0 Å². The zero-order chi connectivity index (χ0) is 8.48. The van der Waals surface area contributed by atoms with Gasteiger partial charge in [-0.05, 0) is 40.8 Å². The molecule has 0 bridgehead atoms. The van der Waals surface area contributed by atoms with E-state index in [0.717, 1.165) is 3.57 Å². The number of benzene rings is 1. The van der Waals surface area contributed by atoms with Crippen LogP contribution < -0.4 is 5.14 Å². The maximum absolute atomic E-state index is 10.8. The van der Waals surface area contributed by atoms with Crippen LogP contribution in [0.5, 0.6) is 0 Å². The predicted molar refractivity (Wildman–Crippen MR) is 50.5 cm³/mol. The number of halogens is 1. The minimum absolute atomic E-state index is 0.157. The number of primary sulfonamides is 1. The van der Waals surface area contributed by atoms with Crippen molar-refractivity contribution in [3.63, 3.8) is 0 Å². The Hall–Kier alpha value is -0.140. The summed E-state index contributed by atoms with van der Waals surface area (Å²) in [6.45, 7) is 0. The van der Waals surface area contributed by atoms with Crippen molar-refractivity contribution in [2.45, 2.75) is 4.90 Å². The standard InChI is InChI=1S/C6H6INO2S/c7-5-2-1-3-6(4-5)11(8,9)10/h1-4H,(H2,8,9,10). The summed E-state index contributed by atoms with van der Waals surface area (Å²) in [7, 11) is -3.53. The topological polar surface area (TPSA) is 60.2 Å². The van der Waals surface area contributed by atoms with Crippen molar-refractivity contribution < 1.29 is 8.42 Å². The number of sulfonamides is 1.